The van der Waals surface area contributed by atoms with Crippen molar-refractivity contribution in [3.63, 3.8) is 0 Å². The second-order valence-electron chi connectivity index (χ2n) is 5.11. The summed E-state index contributed by atoms with van der Waals surface area (Å²) in [7, 11) is 0. The molecule has 1 N–H and O–H groups in total. The van der Waals surface area contributed by atoms with Gasteiger partial charge in [0, 0.05) is 5.56 Å². The fraction of sp³-hybridized carbons (Fsp3) is 0.385. The Kier molecular flexibility index (Phi) is 3.46. The van der Waals surface area contributed by atoms with Gasteiger partial charge in [0.05, 0.1) is 11.7 Å². The van der Waals surface area contributed by atoms with E-state index in [4.69, 9.17) is 4.52 Å². The van der Waals surface area contributed by atoms with Gasteiger partial charge in [-0.15, -0.1) is 15.3 Å². The fourth-order valence-corrected chi connectivity index (χ4v) is 2.44. The van der Waals surface area contributed by atoms with Crippen molar-refractivity contribution in [2.24, 2.45) is 0 Å². The molecule has 0 aromatic carbocycles. The van der Waals surface area contributed by atoms with Crippen LogP contribution in [-0.4, -0.2) is 25.0 Å². The molecular formula is C13H13F3N6O. The van der Waals surface area contributed by atoms with E-state index in [1.54, 1.807) is 19.9 Å². The third-order valence-corrected chi connectivity index (χ3v) is 3.40. The van der Waals surface area contributed by atoms with E-state index in [1.165, 1.54) is 6.07 Å². The lowest BCUT2D eigenvalue weighted by molar-refractivity contribution is -0.146. The Bertz CT molecular complexity index is 834. The largest absolute Gasteiger partial charge is 0.453 e. The number of nitrogens with zero attached hydrogens (tertiary/aromatic N) is 5. The molecule has 0 saturated heterocycles. The quantitative estimate of drug-likeness (QED) is 0.797. The van der Waals surface area contributed by atoms with E-state index in [2.05, 4.69) is 25.8 Å². The second kappa shape index (κ2) is 5.21. The molecular weight excluding hydrogens is 313 g/mol. The van der Waals surface area contributed by atoms with Crippen molar-refractivity contribution in [3.05, 3.63) is 35.0 Å². The van der Waals surface area contributed by atoms with Crippen LogP contribution in [0.3, 0.4) is 0 Å². The molecule has 1 atom stereocenters. The fourth-order valence-electron chi connectivity index (χ4n) is 2.44. The molecule has 0 radical (unpaired) electrons. The highest BCUT2D eigenvalue weighted by Gasteiger charge is 2.37. The maximum Gasteiger partial charge on any atom is 0.453 e. The maximum atomic E-state index is 12.9. The van der Waals surface area contributed by atoms with Gasteiger partial charge in [0.2, 0.25) is 0 Å². The van der Waals surface area contributed by atoms with Gasteiger partial charge in [-0.3, -0.25) is 0 Å². The van der Waals surface area contributed by atoms with Crippen LogP contribution in [0.15, 0.2) is 16.7 Å². The summed E-state index contributed by atoms with van der Waals surface area (Å²) in [5.74, 6) is -0.264. The standard InChI is InChI=1S/C13H13F3N6O/c1-6(11-7(2)21-23-8(11)3)17-9-4-5-10-18-19-12(13(14,15)16)22(10)20-9/h4-6H,1-3H3,(H,17,20). The molecule has 3 aromatic heterocycles. The predicted molar refractivity (Wildman–Crippen MR) is 73.8 cm³/mol. The number of anilines is 1. The van der Waals surface area contributed by atoms with Crippen molar-refractivity contribution in [3.8, 4) is 0 Å². The summed E-state index contributed by atoms with van der Waals surface area (Å²) < 4.78 is 44.4. The number of hydrogen-bond donors (Lipinski definition) is 1. The molecule has 23 heavy (non-hydrogen) atoms. The van der Waals surface area contributed by atoms with Crippen LogP contribution in [0, 0.1) is 13.8 Å². The van der Waals surface area contributed by atoms with Crippen LogP contribution in [0.25, 0.3) is 5.65 Å². The zero-order valence-corrected chi connectivity index (χ0v) is 12.5. The average Bonchev–Trinajstić information content (AvgIpc) is 3.01. The molecule has 0 saturated carbocycles. The minimum absolute atomic E-state index is 0.0212. The average molecular weight is 326 g/mol. The summed E-state index contributed by atoms with van der Waals surface area (Å²) in [5, 5.41) is 17.4. The van der Waals surface area contributed by atoms with Crippen LogP contribution in [0.2, 0.25) is 0 Å². The molecule has 0 fully saturated rings. The van der Waals surface area contributed by atoms with Crippen molar-refractivity contribution >= 4 is 11.5 Å². The van der Waals surface area contributed by atoms with Crippen molar-refractivity contribution in [2.45, 2.75) is 33.0 Å². The number of halogens is 3. The molecule has 0 bridgehead atoms. The van der Waals surface area contributed by atoms with Gasteiger partial charge in [0.15, 0.2) is 5.65 Å². The SMILES string of the molecule is Cc1noc(C)c1C(C)Nc1ccc2nnc(C(F)(F)F)n2n1. The summed E-state index contributed by atoms with van der Waals surface area (Å²) in [5.41, 5.74) is 1.57. The summed E-state index contributed by atoms with van der Waals surface area (Å²) >= 11 is 0. The van der Waals surface area contributed by atoms with E-state index in [-0.39, 0.29) is 17.5 Å². The minimum Gasteiger partial charge on any atom is -0.362 e. The third kappa shape index (κ3) is 2.71. The first kappa shape index (κ1) is 15.3. The number of aromatic nitrogens is 5. The van der Waals surface area contributed by atoms with Gasteiger partial charge in [-0.05, 0) is 32.9 Å². The van der Waals surface area contributed by atoms with E-state index >= 15 is 0 Å². The van der Waals surface area contributed by atoms with Crippen LogP contribution in [0.1, 0.15) is 35.8 Å². The topological polar surface area (TPSA) is 81.1 Å². The maximum absolute atomic E-state index is 12.9. The first-order chi connectivity index (χ1) is 10.8. The van der Waals surface area contributed by atoms with Crippen molar-refractivity contribution < 1.29 is 17.7 Å². The van der Waals surface area contributed by atoms with E-state index in [1.807, 2.05) is 6.92 Å². The molecule has 0 aliphatic carbocycles. The molecule has 3 heterocycles. The van der Waals surface area contributed by atoms with Crippen molar-refractivity contribution in [2.75, 3.05) is 5.32 Å². The Labute approximate surface area is 128 Å². The molecule has 10 heteroatoms. The van der Waals surface area contributed by atoms with Crippen LogP contribution >= 0.6 is 0 Å². The van der Waals surface area contributed by atoms with Gasteiger partial charge in [-0.1, -0.05) is 5.16 Å². The Morgan fingerprint density at radius 1 is 1.22 bits per heavy atom. The van der Waals surface area contributed by atoms with Crippen LogP contribution < -0.4 is 5.32 Å². The van der Waals surface area contributed by atoms with Crippen LogP contribution in [0.5, 0.6) is 0 Å². The normalized spacial score (nSPS) is 13.5. The summed E-state index contributed by atoms with van der Waals surface area (Å²) in [6.45, 7) is 5.41. The number of hydrogen-bond acceptors (Lipinski definition) is 6. The monoisotopic (exact) mass is 326 g/mol. The summed E-state index contributed by atoms with van der Waals surface area (Å²) in [6.07, 6.45) is -4.63. The first-order valence-corrected chi connectivity index (χ1v) is 6.76. The number of rotatable bonds is 3. The van der Waals surface area contributed by atoms with Gasteiger partial charge in [-0.25, -0.2) is 0 Å². The Balaban J connectivity index is 1.95. The Hall–Kier alpha value is -2.65. The van der Waals surface area contributed by atoms with E-state index < -0.39 is 12.0 Å². The summed E-state index contributed by atoms with van der Waals surface area (Å²) in [4.78, 5) is 0. The van der Waals surface area contributed by atoms with Gasteiger partial charge >= 0.3 is 6.18 Å². The first-order valence-electron chi connectivity index (χ1n) is 6.76. The zero-order chi connectivity index (χ0) is 16.8. The van der Waals surface area contributed by atoms with Crippen molar-refractivity contribution in [1.29, 1.82) is 0 Å². The van der Waals surface area contributed by atoms with Crippen LogP contribution in [0.4, 0.5) is 19.0 Å². The number of fused-ring (bicyclic) bond motifs is 1. The van der Waals surface area contributed by atoms with Gasteiger partial charge < -0.3 is 9.84 Å². The number of alkyl halides is 3. The molecule has 0 aliphatic heterocycles. The smallest absolute Gasteiger partial charge is 0.362 e. The number of aryl methyl sites for hydroxylation is 2. The second-order valence-corrected chi connectivity index (χ2v) is 5.11. The highest BCUT2D eigenvalue weighted by atomic mass is 19.4. The third-order valence-electron chi connectivity index (χ3n) is 3.40. The highest BCUT2D eigenvalue weighted by Crippen LogP contribution is 2.28. The Morgan fingerprint density at radius 2 is 1.96 bits per heavy atom. The molecule has 0 aliphatic rings. The molecule has 1 unspecified atom stereocenters. The van der Waals surface area contributed by atoms with Crippen LogP contribution in [-0.2, 0) is 6.18 Å². The van der Waals surface area contributed by atoms with E-state index in [9.17, 15) is 13.2 Å². The van der Waals surface area contributed by atoms with Gasteiger partial charge in [0.1, 0.15) is 11.6 Å². The van der Waals surface area contributed by atoms with Crippen molar-refractivity contribution in [1.82, 2.24) is 25.0 Å². The molecule has 3 rings (SSSR count). The summed E-state index contributed by atoms with van der Waals surface area (Å²) in [6, 6.07) is 2.72. The van der Waals surface area contributed by atoms with Gasteiger partial charge in [0.25, 0.3) is 5.82 Å². The Morgan fingerprint density at radius 3 is 2.57 bits per heavy atom. The lowest BCUT2D eigenvalue weighted by Gasteiger charge is -2.14. The minimum atomic E-state index is -4.63. The van der Waals surface area contributed by atoms with E-state index in [0.717, 1.165) is 5.56 Å². The molecule has 7 nitrogen and oxygen atoms in total. The molecule has 0 amide bonds. The van der Waals surface area contributed by atoms with E-state index in [0.29, 0.717) is 16.0 Å². The molecule has 0 spiro atoms. The van der Waals surface area contributed by atoms with Gasteiger partial charge in [-0.2, -0.15) is 17.7 Å². The lowest BCUT2D eigenvalue weighted by Crippen LogP contribution is -2.15. The molecule has 3 aromatic rings. The number of nitrogens with one attached hydrogen (secondary N) is 1. The highest BCUT2D eigenvalue weighted by molar-refractivity contribution is 5.46. The molecule has 122 valence electrons. The zero-order valence-electron chi connectivity index (χ0n) is 12.5. The predicted octanol–water partition coefficient (Wildman–Crippen LogP) is 2.92. The lowest BCUT2D eigenvalue weighted by atomic mass is 10.1.